The standard InChI is InChI=1S/C23H15F4N3O3/c24-15-8-10-16(11-9-15)28-20(31)13-29-19-7-2-1-6-18(19)21(32)30(22(29)33)17-5-3-4-14(12-17)23(25,26)27/h1-12H,13H2,(H,28,31). The number of para-hydroxylation sites is 1. The van der Waals surface area contributed by atoms with Crippen molar-refractivity contribution in [3.05, 3.63) is 105 Å². The third-order valence-corrected chi connectivity index (χ3v) is 4.91. The van der Waals surface area contributed by atoms with Gasteiger partial charge < -0.3 is 5.32 Å². The number of amides is 1. The summed E-state index contributed by atoms with van der Waals surface area (Å²) in [5.41, 5.74) is -2.68. The molecule has 0 unspecified atom stereocenters. The van der Waals surface area contributed by atoms with Gasteiger partial charge in [0.1, 0.15) is 12.4 Å². The molecule has 0 spiro atoms. The second kappa shape index (κ2) is 8.38. The minimum atomic E-state index is -4.68. The molecule has 0 saturated heterocycles. The first-order valence-corrected chi connectivity index (χ1v) is 9.63. The third kappa shape index (κ3) is 4.40. The lowest BCUT2D eigenvalue weighted by Crippen LogP contribution is -2.40. The van der Waals surface area contributed by atoms with Crippen molar-refractivity contribution in [2.75, 3.05) is 5.32 Å². The number of halogens is 4. The molecule has 0 atom stereocenters. The maximum atomic E-state index is 13.2. The van der Waals surface area contributed by atoms with Crippen molar-refractivity contribution in [2.45, 2.75) is 12.7 Å². The molecular formula is C23H15F4N3O3. The van der Waals surface area contributed by atoms with Gasteiger partial charge in [-0.15, -0.1) is 0 Å². The molecule has 0 aliphatic rings. The van der Waals surface area contributed by atoms with E-state index in [0.29, 0.717) is 10.6 Å². The van der Waals surface area contributed by atoms with E-state index in [2.05, 4.69) is 5.32 Å². The Morgan fingerprint density at radius 1 is 0.909 bits per heavy atom. The molecule has 1 amide bonds. The molecular weight excluding hydrogens is 442 g/mol. The van der Waals surface area contributed by atoms with Crippen LogP contribution in [0, 0.1) is 5.82 Å². The minimum Gasteiger partial charge on any atom is -0.325 e. The normalized spacial score (nSPS) is 11.5. The average Bonchev–Trinajstić information content (AvgIpc) is 2.78. The Bertz CT molecular complexity index is 1470. The van der Waals surface area contributed by atoms with Gasteiger partial charge in [-0.2, -0.15) is 13.2 Å². The van der Waals surface area contributed by atoms with E-state index in [-0.39, 0.29) is 22.3 Å². The average molecular weight is 457 g/mol. The van der Waals surface area contributed by atoms with Gasteiger partial charge in [-0.3, -0.25) is 14.2 Å². The van der Waals surface area contributed by atoms with Crippen LogP contribution in [0.3, 0.4) is 0 Å². The van der Waals surface area contributed by atoms with Gasteiger partial charge in [-0.1, -0.05) is 18.2 Å². The van der Waals surface area contributed by atoms with Crippen molar-refractivity contribution < 1.29 is 22.4 Å². The molecule has 0 bridgehead atoms. The molecule has 4 aromatic rings. The molecule has 0 aliphatic heterocycles. The van der Waals surface area contributed by atoms with Crippen LogP contribution in [-0.2, 0) is 17.5 Å². The summed E-state index contributed by atoms with van der Waals surface area (Å²) < 4.78 is 54.2. The van der Waals surface area contributed by atoms with Gasteiger partial charge in [-0.25, -0.2) is 13.8 Å². The fourth-order valence-electron chi connectivity index (χ4n) is 3.40. The number of carbonyl (C=O) groups excluding carboxylic acids is 1. The lowest BCUT2D eigenvalue weighted by Gasteiger charge is -2.15. The number of aromatic nitrogens is 2. The van der Waals surface area contributed by atoms with Crippen molar-refractivity contribution in [3.8, 4) is 5.69 Å². The zero-order valence-electron chi connectivity index (χ0n) is 16.8. The molecule has 0 saturated carbocycles. The highest BCUT2D eigenvalue weighted by atomic mass is 19.4. The fraction of sp³-hybridized carbons (Fsp3) is 0.0870. The van der Waals surface area contributed by atoms with E-state index in [4.69, 9.17) is 0 Å². The Labute approximate surface area is 183 Å². The quantitative estimate of drug-likeness (QED) is 0.472. The van der Waals surface area contributed by atoms with Gasteiger partial charge in [0.05, 0.1) is 22.2 Å². The van der Waals surface area contributed by atoms with E-state index < -0.39 is 41.3 Å². The Hall–Kier alpha value is -4.21. The van der Waals surface area contributed by atoms with E-state index in [1.807, 2.05) is 0 Å². The van der Waals surface area contributed by atoms with Crippen LogP contribution in [-0.4, -0.2) is 15.0 Å². The van der Waals surface area contributed by atoms with Gasteiger partial charge in [0.2, 0.25) is 5.91 Å². The Kier molecular flexibility index (Phi) is 5.59. The highest BCUT2D eigenvalue weighted by molar-refractivity contribution is 5.91. The molecule has 4 rings (SSSR count). The Morgan fingerprint density at radius 3 is 2.30 bits per heavy atom. The van der Waals surface area contributed by atoms with E-state index >= 15 is 0 Å². The van der Waals surface area contributed by atoms with E-state index in [1.165, 1.54) is 36.4 Å². The van der Waals surface area contributed by atoms with Crippen LogP contribution in [0.25, 0.3) is 16.6 Å². The summed E-state index contributed by atoms with van der Waals surface area (Å²) in [4.78, 5) is 38.8. The molecule has 0 radical (unpaired) electrons. The first-order chi connectivity index (χ1) is 15.6. The smallest absolute Gasteiger partial charge is 0.325 e. The molecule has 6 nitrogen and oxygen atoms in total. The van der Waals surface area contributed by atoms with E-state index in [9.17, 15) is 31.9 Å². The van der Waals surface area contributed by atoms with Gasteiger partial charge >= 0.3 is 11.9 Å². The topological polar surface area (TPSA) is 73.1 Å². The van der Waals surface area contributed by atoms with Gasteiger partial charge in [0, 0.05) is 5.69 Å². The maximum Gasteiger partial charge on any atom is 0.416 e. The molecule has 3 aromatic carbocycles. The van der Waals surface area contributed by atoms with Crippen molar-refractivity contribution >= 4 is 22.5 Å². The molecule has 1 heterocycles. The number of nitrogens with one attached hydrogen (secondary N) is 1. The number of nitrogens with zero attached hydrogens (tertiary/aromatic N) is 2. The zero-order chi connectivity index (χ0) is 23.8. The summed E-state index contributed by atoms with van der Waals surface area (Å²) in [6.45, 7) is -0.532. The van der Waals surface area contributed by atoms with Crippen LogP contribution < -0.4 is 16.6 Å². The summed E-state index contributed by atoms with van der Waals surface area (Å²) in [6, 6.07) is 14.7. The minimum absolute atomic E-state index is 0.0455. The summed E-state index contributed by atoms with van der Waals surface area (Å²) in [5, 5.41) is 2.56. The van der Waals surface area contributed by atoms with Crippen LogP contribution in [0.1, 0.15) is 5.56 Å². The lowest BCUT2D eigenvalue weighted by atomic mass is 10.2. The molecule has 0 fully saturated rings. The van der Waals surface area contributed by atoms with Crippen molar-refractivity contribution in [1.82, 2.24) is 9.13 Å². The molecule has 1 N–H and O–H groups in total. The lowest BCUT2D eigenvalue weighted by molar-refractivity contribution is -0.137. The summed E-state index contributed by atoms with van der Waals surface area (Å²) in [7, 11) is 0. The van der Waals surface area contributed by atoms with E-state index in [1.54, 1.807) is 6.07 Å². The van der Waals surface area contributed by atoms with Crippen molar-refractivity contribution in [3.63, 3.8) is 0 Å². The number of carbonyl (C=O) groups is 1. The monoisotopic (exact) mass is 457 g/mol. The van der Waals surface area contributed by atoms with Gasteiger partial charge in [0.15, 0.2) is 0 Å². The zero-order valence-corrected chi connectivity index (χ0v) is 16.8. The predicted molar refractivity (Wildman–Crippen MR) is 114 cm³/mol. The maximum absolute atomic E-state index is 13.2. The molecule has 10 heteroatoms. The Balaban J connectivity index is 1.84. The van der Waals surface area contributed by atoms with Crippen molar-refractivity contribution in [1.29, 1.82) is 0 Å². The first kappa shape index (κ1) is 22.0. The fourth-order valence-corrected chi connectivity index (χ4v) is 3.40. The molecule has 1 aromatic heterocycles. The highest BCUT2D eigenvalue weighted by Gasteiger charge is 2.31. The second-order valence-corrected chi connectivity index (χ2v) is 7.13. The third-order valence-electron chi connectivity index (χ3n) is 4.91. The SMILES string of the molecule is O=C(Cn1c(=O)n(-c2cccc(C(F)(F)F)c2)c(=O)c2ccccc21)Nc1ccc(F)cc1. The largest absolute Gasteiger partial charge is 0.416 e. The first-order valence-electron chi connectivity index (χ1n) is 9.63. The number of rotatable bonds is 4. The number of hydrogen-bond acceptors (Lipinski definition) is 3. The van der Waals surface area contributed by atoms with Crippen LogP contribution in [0.15, 0.2) is 82.4 Å². The van der Waals surface area contributed by atoms with Gasteiger partial charge in [0.25, 0.3) is 5.56 Å². The highest BCUT2D eigenvalue weighted by Crippen LogP contribution is 2.30. The number of anilines is 1. The number of fused-ring (bicyclic) bond motifs is 1. The predicted octanol–water partition coefficient (Wildman–Crippen LogP) is 3.95. The summed E-state index contributed by atoms with van der Waals surface area (Å²) in [6.07, 6.45) is -4.68. The van der Waals surface area contributed by atoms with Crippen LogP contribution in [0.2, 0.25) is 0 Å². The second-order valence-electron chi connectivity index (χ2n) is 7.13. The summed E-state index contributed by atoms with van der Waals surface area (Å²) in [5.74, 6) is -1.15. The summed E-state index contributed by atoms with van der Waals surface area (Å²) >= 11 is 0. The number of benzene rings is 3. The molecule has 168 valence electrons. The number of hydrogen-bond donors (Lipinski definition) is 1. The van der Waals surface area contributed by atoms with Crippen molar-refractivity contribution in [2.24, 2.45) is 0 Å². The van der Waals surface area contributed by atoms with Crippen LogP contribution >= 0.6 is 0 Å². The number of alkyl halides is 3. The van der Waals surface area contributed by atoms with Crippen LogP contribution in [0.5, 0.6) is 0 Å². The van der Waals surface area contributed by atoms with Gasteiger partial charge in [-0.05, 0) is 54.6 Å². The Morgan fingerprint density at radius 2 is 1.61 bits per heavy atom. The molecule has 0 aliphatic carbocycles. The van der Waals surface area contributed by atoms with E-state index in [0.717, 1.165) is 28.8 Å². The molecule has 33 heavy (non-hydrogen) atoms. The van der Waals surface area contributed by atoms with Crippen LogP contribution in [0.4, 0.5) is 23.2 Å².